The Hall–Kier alpha value is -2.55. The third-order valence-corrected chi connectivity index (χ3v) is 7.45. The van der Waals surface area contributed by atoms with Gasteiger partial charge in [-0.15, -0.1) is 11.3 Å². The molecule has 1 N–H and O–H groups in total. The SMILES string of the molecule is O=C(c1nn(CCCc2ccccc2)c2c1CN(Cc1nccs1)CC2)N1CCC(O)CC1. The van der Waals surface area contributed by atoms with Crippen LogP contribution < -0.4 is 0 Å². The fourth-order valence-corrected chi connectivity index (χ4v) is 5.51. The van der Waals surface area contributed by atoms with Crippen molar-refractivity contribution in [2.24, 2.45) is 0 Å². The number of carbonyl (C=O) groups excluding carboxylic acids is 1. The Morgan fingerprint density at radius 1 is 1.15 bits per heavy atom. The molecule has 1 fully saturated rings. The highest BCUT2D eigenvalue weighted by Gasteiger charge is 2.31. The summed E-state index contributed by atoms with van der Waals surface area (Å²) >= 11 is 1.67. The van der Waals surface area contributed by atoms with Crippen molar-refractivity contribution >= 4 is 17.2 Å². The van der Waals surface area contributed by atoms with Crippen molar-refractivity contribution in [3.63, 3.8) is 0 Å². The Morgan fingerprint density at radius 2 is 1.97 bits per heavy atom. The van der Waals surface area contributed by atoms with Crippen LogP contribution in [0.1, 0.15) is 51.6 Å². The molecule has 4 heterocycles. The molecule has 2 aliphatic rings. The van der Waals surface area contributed by atoms with E-state index in [1.54, 1.807) is 11.3 Å². The summed E-state index contributed by atoms with van der Waals surface area (Å²) in [4.78, 5) is 22.1. The zero-order valence-electron chi connectivity index (χ0n) is 18.9. The third kappa shape index (κ3) is 5.18. The summed E-state index contributed by atoms with van der Waals surface area (Å²) in [7, 11) is 0. The van der Waals surface area contributed by atoms with Crippen molar-refractivity contribution in [3.8, 4) is 0 Å². The topological polar surface area (TPSA) is 74.5 Å². The van der Waals surface area contributed by atoms with Gasteiger partial charge in [-0.25, -0.2) is 4.98 Å². The molecular formula is C25H31N5O2S. The number of benzene rings is 1. The van der Waals surface area contributed by atoms with E-state index in [1.807, 2.05) is 22.5 Å². The number of nitrogens with zero attached hydrogens (tertiary/aromatic N) is 5. The van der Waals surface area contributed by atoms with Crippen molar-refractivity contribution in [3.05, 3.63) is 69.4 Å². The molecule has 2 aliphatic heterocycles. The average molecular weight is 466 g/mol. The van der Waals surface area contributed by atoms with Gasteiger partial charge >= 0.3 is 0 Å². The van der Waals surface area contributed by atoms with Crippen molar-refractivity contribution in [1.29, 1.82) is 0 Å². The fraction of sp³-hybridized carbons (Fsp3) is 0.480. The van der Waals surface area contributed by atoms with Crippen LogP contribution in [0.25, 0.3) is 0 Å². The van der Waals surface area contributed by atoms with E-state index < -0.39 is 0 Å². The number of aliphatic hydroxyl groups is 1. The van der Waals surface area contributed by atoms with Gasteiger partial charge in [-0.05, 0) is 31.2 Å². The highest BCUT2D eigenvalue weighted by atomic mass is 32.1. The number of thiazole rings is 1. The summed E-state index contributed by atoms with van der Waals surface area (Å²) in [6.07, 6.45) is 5.71. The average Bonchev–Trinajstić information content (AvgIpc) is 3.48. The second kappa shape index (κ2) is 10.2. The smallest absolute Gasteiger partial charge is 0.274 e. The van der Waals surface area contributed by atoms with E-state index in [0.717, 1.165) is 56.0 Å². The van der Waals surface area contributed by atoms with Crippen molar-refractivity contribution in [2.75, 3.05) is 19.6 Å². The normalized spacial score (nSPS) is 17.3. The van der Waals surface area contributed by atoms with Crippen molar-refractivity contribution < 1.29 is 9.90 Å². The first-order valence-electron chi connectivity index (χ1n) is 11.9. The standard InChI is InChI=1S/C25H31N5O2S/c31-20-8-14-29(15-9-20)25(32)24-21-17-28(18-23-26-11-16-33-23)13-10-22(21)30(27-24)12-4-7-19-5-2-1-3-6-19/h1-3,5-6,11,16,20,31H,4,7-10,12-15,17-18H2. The summed E-state index contributed by atoms with van der Waals surface area (Å²) in [6, 6.07) is 10.5. The molecular weight excluding hydrogens is 434 g/mol. The molecule has 5 rings (SSSR count). The highest BCUT2D eigenvalue weighted by molar-refractivity contribution is 7.09. The second-order valence-corrected chi connectivity index (χ2v) is 9.98. The molecule has 0 atom stereocenters. The second-order valence-electron chi connectivity index (χ2n) is 9.00. The first-order chi connectivity index (χ1) is 16.2. The largest absolute Gasteiger partial charge is 0.393 e. The van der Waals surface area contributed by atoms with Gasteiger partial charge in [0.2, 0.25) is 0 Å². The maximum Gasteiger partial charge on any atom is 0.274 e. The van der Waals surface area contributed by atoms with Crippen molar-refractivity contribution in [2.45, 2.75) is 57.8 Å². The van der Waals surface area contributed by atoms with E-state index in [2.05, 4.69) is 38.8 Å². The van der Waals surface area contributed by atoms with Gasteiger partial charge in [-0.1, -0.05) is 30.3 Å². The molecule has 0 aliphatic carbocycles. The zero-order chi connectivity index (χ0) is 22.6. The van der Waals surface area contributed by atoms with Crippen LogP contribution in [0.2, 0.25) is 0 Å². The summed E-state index contributed by atoms with van der Waals surface area (Å²) in [5.41, 5.74) is 4.22. The first kappa shape index (κ1) is 22.3. The lowest BCUT2D eigenvalue weighted by molar-refractivity contribution is 0.0538. The van der Waals surface area contributed by atoms with Gasteiger partial charge in [0.15, 0.2) is 5.69 Å². The number of hydrogen-bond donors (Lipinski definition) is 1. The predicted molar refractivity (Wildman–Crippen MR) is 128 cm³/mol. The van der Waals surface area contributed by atoms with E-state index in [9.17, 15) is 9.90 Å². The molecule has 1 aromatic carbocycles. The zero-order valence-corrected chi connectivity index (χ0v) is 19.7. The fourth-order valence-electron chi connectivity index (χ4n) is 4.86. The summed E-state index contributed by atoms with van der Waals surface area (Å²) in [6.45, 7) is 4.48. The number of hydrogen-bond acceptors (Lipinski definition) is 6. The maximum atomic E-state index is 13.5. The number of aryl methyl sites for hydroxylation is 2. The van der Waals surface area contributed by atoms with Crippen molar-refractivity contribution in [1.82, 2.24) is 24.6 Å². The Labute approximate surface area is 198 Å². The third-order valence-electron chi connectivity index (χ3n) is 6.69. The molecule has 0 bridgehead atoms. The van der Waals surface area contributed by atoms with Gasteiger partial charge in [0.05, 0.1) is 12.6 Å². The Bertz CT molecular complexity index is 1060. The van der Waals surface area contributed by atoms with Crippen LogP contribution in [-0.2, 0) is 32.5 Å². The van der Waals surface area contributed by atoms with Crippen LogP contribution in [-0.4, -0.2) is 61.3 Å². The van der Waals surface area contributed by atoms with Crippen LogP contribution in [0.4, 0.5) is 0 Å². The molecule has 0 radical (unpaired) electrons. The first-order valence-corrected chi connectivity index (χ1v) is 12.8. The van der Waals surface area contributed by atoms with Crippen LogP contribution in [0.5, 0.6) is 0 Å². The highest BCUT2D eigenvalue weighted by Crippen LogP contribution is 2.26. The van der Waals surface area contributed by atoms with Crippen LogP contribution in [0.3, 0.4) is 0 Å². The Morgan fingerprint density at radius 3 is 2.73 bits per heavy atom. The lowest BCUT2D eigenvalue weighted by atomic mass is 10.0. The minimum absolute atomic E-state index is 0.0102. The molecule has 33 heavy (non-hydrogen) atoms. The monoisotopic (exact) mass is 465 g/mol. The quantitative estimate of drug-likeness (QED) is 0.580. The number of rotatable bonds is 7. The summed E-state index contributed by atoms with van der Waals surface area (Å²) in [5.74, 6) is 0.0102. The van der Waals surface area contributed by atoms with E-state index in [4.69, 9.17) is 5.10 Å². The van der Waals surface area contributed by atoms with E-state index in [0.29, 0.717) is 31.6 Å². The lowest BCUT2D eigenvalue weighted by Crippen LogP contribution is -2.41. The van der Waals surface area contributed by atoms with Gasteiger partial charge in [0.1, 0.15) is 5.01 Å². The molecule has 1 amide bonds. The van der Waals surface area contributed by atoms with Gasteiger partial charge in [-0.3, -0.25) is 14.4 Å². The summed E-state index contributed by atoms with van der Waals surface area (Å²) < 4.78 is 2.09. The number of amides is 1. The van der Waals surface area contributed by atoms with Crippen LogP contribution >= 0.6 is 11.3 Å². The molecule has 174 valence electrons. The summed E-state index contributed by atoms with van der Waals surface area (Å²) in [5, 5.41) is 17.8. The van der Waals surface area contributed by atoms with E-state index >= 15 is 0 Å². The minimum Gasteiger partial charge on any atom is -0.393 e. The molecule has 7 nitrogen and oxygen atoms in total. The van der Waals surface area contributed by atoms with Gasteiger partial charge in [0.25, 0.3) is 5.91 Å². The van der Waals surface area contributed by atoms with E-state index in [-0.39, 0.29) is 12.0 Å². The number of aromatic nitrogens is 3. The number of carbonyl (C=O) groups is 1. The number of fused-ring (bicyclic) bond motifs is 1. The lowest BCUT2D eigenvalue weighted by Gasteiger charge is -2.30. The molecule has 0 spiro atoms. The van der Waals surface area contributed by atoms with Crippen LogP contribution in [0.15, 0.2) is 41.9 Å². The van der Waals surface area contributed by atoms with Crippen LogP contribution in [0, 0.1) is 0 Å². The minimum atomic E-state index is -0.299. The maximum absolute atomic E-state index is 13.5. The molecule has 2 aromatic heterocycles. The number of aliphatic hydroxyl groups excluding tert-OH is 1. The Kier molecular flexibility index (Phi) is 6.85. The molecule has 1 saturated heterocycles. The molecule has 0 unspecified atom stereocenters. The number of piperidine rings is 1. The van der Waals surface area contributed by atoms with Gasteiger partial charge < -0.3 is 10.0 Å². The molecule has 0 saturated carbocycles. The molecule has 8 heteroatoms. The van der Waals surface area contributed by atoms with Gasteiger partial charge in [-0.2, -0.15) is 5.10 Å². The predicted octanol–water partition coefficient (Wildman–Crippen LogP) is 3.13. The Balaban J connectivity index is 1.35. The van der Waals surface area contributed by atoms with E-state index in [1.165, 1.54) is 11.3 Å². The number of likely N-dealkylation sites (tertiary alicyclic amines) is 1. The van der Waals surface area contributed by atoms with Gasteiger partial charge in [0, 0.05) is 62.0 Å². The molecule has 3 aromatic rings.